The van der Waals surface area contributed by atoms with E-state index in [1.165, 1.54) is 32.5 Å². The fourth-order valence-corrected chi connectivity index (χ4v) is 5.53. The molecule has 28 heavy (non-hydrogen) atoms. The summed E-state index contributed by atoms with van der Waals surface area (Å²) in [6.45, 7) is 6.16. The van der Waals surface area contributed by atoms with Crippen molar-refractivity contribution in [2.75, 3.05) is 39.3 Å². The molecule has 4 heterocycles. The lowest BCUT2D eigenvalue weighted by molar-refractivity contribution is -0.138. The molecule has 0 aliphatic carbocycles. The number of carbonyl (C=O) groups excluding carboxylic acids is 1. The van der Waals surface area contributed by atoms with Gasteiger partial charge in [-0.05, 0) is 62.7 Å². The van der Waals surface area contributed by atoms with Crippen molar-refractivity contribution in [1.82, 2.24) is 14.8 Å². The van der Waals surface area contributed by atoms with Gasteiger partial charge >= 0.3 is 0 Å². The number of hydrogen-bond acceptors (Lipinski definition) is 3. The van der Waals surface area contributed by atoms with Crippen LogP contribution in [0.5, 0.6) is 0 Å². The number of para-hydroxylation sites is 1. The Morgan fingerprint density at radius 2 is 2.04 bits per heavy atom. The predicted molar refractivity (Wildman–Crippen MR) is 110 cm³/mol. The molecule has 1 amide bonds. The molecule has 150 valence electrons. The predicted octanol–water partition coefficient (Wildman–Crippen LogP) is 3.20. The Morgan fingerprint density at radius 1 is 1.18 bits per heavy atom. The molecule has 3 saturated heterocycles. The normalized spacial score (nSPS) is 28.6. The van der Waals surface area contributed by atoms with Crippen LogP contribution in [0.1, 0.15) is 37.7 Å². The zero-order valence-electron chi connectivity index (χ0n) is 16.7. The fourth-order valence-electron chi connectivity index (χ4n) is 5.53. The Hall–Kier alpha value is -1.85. The molecule has 0 unspecified atom stereocenters. The fraction of sp³-hybridized carbons (Fsp3) is 0.609. The summed E-state index contributed by atoms with van der Waals surface area (Å²) in [5.41, 5.74) is 2.10. The van der Waals surface area contributed by atoms with Crippen molar-refractivity contribution in [2.45, 2.75) is 44.1 Å². The number of nitrogens with zero attached hydrogens (tertiary/aromatic N) is 2. The number of amides is 1. The molecule has 3 aliphatic heterocycles. The molecule has 1 aromatic heterocycles. The molecule has 3 fully saturated rings. The van der Waals surface area contributed by atoms with Crippen LogP contribution < -0.4 is 0 Å². The summed E-state index contributed by atoms with van der Waals surface area (Å²) >= 11 is 0. The van der Waals surface area contributed by atoms with Crippen molar-refractivity contribution in [3.63, 3.8) is 0 Å². The molecule has 0 radical (unpaired) electrons. The van der Waals surface area contributed by atoms with Gasteiger partial charge in [0.15, 0.2) is 0 Å². The maximum absolute atomic E-state index is 13.1. The number of likely N-dealkylation sites (tertiary alicyclic amines) is 2. The topological polar surface area (TPSA) is 48.6 Å². The minimum atomic E-state index is -0.0987. The number of carbonyl (C=O) groups is 1. The van der Waals surface area contributed by atoms with E-state index in [1.54, 1.807) is 0 Å². The van der Waals surface area contributed by atoms with Crippen LogP contribution in [0, 0.1) is 5.92 Å². The number of aromatic amines is 1. The van der Waals surface area contributed by atoms with Gasteiger partial charge in [0.25, 0.3) is 0 Å². The van der Waals surface area contributed by atoms with E-state index in [0.29, 0.717) is 12.3 Å². The maximum Gasteiger partial charge on any atom is 0.227 e. The number of H-pyrrole nitrogens is 1. The first-order valence-electron chi connectivity index (χ1n) is 10.9. The Morgan fingerprint density at radius 3 is 2.93 bits per heavy atom. The number of piperidine rings is 1. The number of hydrogen-bond donors (Lipinski definition) is 1. The lowest BCUT2D eigenvalue weighted by Gasteiger charge is -2.40. The quantitative estimate of drug-likeness (QED) is 0.885. The molecule has 1 aromatic carbocycles. The van der Waals surface area contributed by atoms with Crippen molar-refractivity contribution in [3.8, 4) is 0 Å². The van der Waals surface area contributed by atoms with Crippen LogP contribution in [0.15, 0.2) is 30.5 Å². The van der Waals surface area contributed by atoms with E-state index in [4.69, 9.17) is 4.74 Å². The second kappa shape index (κ2) is 7.53. The molecule has 5 rings (SSSR count). The van der Waals surface area contributed by atoms with Crippen molar-refractivity contribution in [2.24, 2.45) is 5.92 Å². The van der Waals surface area contributed by atoms with Gasteiger partial charge in [0, 0.05) is 36.7 Å². The molecule has 5 heteroatoms. The van der Waals surface area contributed by atoms with Gasteiger partial charge in [-0.2, -0.15) is 0 Å². The largest absolute Gasteiger partial charge is 0.373 e. The Balaban J connectivity index is 1.22. The summed E-state index contributed by atoms with van der Waals surface area (Å²) in [5.74, 6) is 0.859. The van der Waals surface area contributed by atoms with E-state index >= 15 is 0 Å². The second-order valence-electron chi connectivity index (χ2n) is 9.03. The van der Waals surface area contributed by atoms with Crippen molar-refractivity contribution in [3.05, 3.63) is 36.0 Å². The maximum atomic E-state index is 13.1. The minimum absolute atomic E-state index is 0.0987. The molecule has 0 saturated carbocycles. The van der Waals surface area contributed by atoms with Crippen molar-refractivity contribution < 1.29 is 9.53 Å². The summed E-state index contributed by atoms with van der Waals surface area (Å²) in [7, 11) is 0. The first kappa shape index (κ1) is 18.2. The van der Waals surface area contributed by atoms with E-state index in [0.717, 1.165) is 55.4 Å². The molecular formula is C23H31N3O2. The third-order valence-electron chi connectivity index (χ3n) is 6.91. The molecule has 1 spiro atoms. The van der Waals surface area contributed by atoms with E-state index in [1.807, 2.05) is 18.3 Å². The van der Waals surface area contributed by atoms with Gasteiger partial charge in [-0.3, -0.25) is 4.79 Å². The highest BCUT2D eigenvalue weighted by Gasteiger charge is 2.44. The zero-order valence-corrected chi connectivity index (χ0v) is 16.7. The van der Waals surface area contributed by atoms with Crippen LogP contribution in [-0.2, 0) is 16.0 Å². The van der Waals surface area contributed by atoms with Gasteiger partial charge in [-0.1, -0.05) is 18.2 Å². The number of benzene rings is 1. The van der Waals surface area contributed by atoms with Crippen LogP contribution >= 0.6 is 0 Å². The minimum Gasteiger partial charge on any atom is -0.373 e. The molecule has 2 atom stereocenters. The molecular weight excluding hydrogens is 350 g/mol. The number of aromatic nitrogens is 1. The molecule has 5 nitrogen and oxygen atoms in total. The monoisotopic (exact) mass is 381 g/mol. The smallest absolute Gasteiger partial charge is 0.227 e. The van der Waals surface area contributed by atoms with E-state index < -0.39 is 0 Å². The molecule has 0 bridgehead atoms. The third kappa shape index (κ3) is 3.58. The van der Waals surface area contributed by atoms with Gasteiger partial charge in [0.2, 0.25) is 5.91 Å². The molecule has 1 N–H and O–H groups in total. The second-order valence-corrected chi connectivity index (χ2v) is 9.03. The van der Waals surface area contributed by atoms with Crippen LogP contribution in [-0.4, -0.2) is 65.6 Å². The van der Waals surface area contributed by atoms with Gasteiger partial charge in [0.1, 0.15) is 0 Å². The van der Waals surface area contributed by atoms with Crippen LogP contribution in [0.25, 0.3) is 10.9 Å². The van der Waals surface area contributed by atoms with E-state index in [2.05, 4.69) is 26.9 Å². The highest BCUT2D eigenvalue weighted by atomic mass is 16.5. The lowest BCUT2D eigenvalue weighted by atomic mass is 9.86. The summed E-state index contributed by atoms with van der Waals surface area (Å²) in [5, 5.41) is 1.16. The summed E-state index contributed by atoms with van der Waals surface area (Å²) in [6, 6.07) is 8.21. The molecule has 3 aliphatic rings. The number of fused-ring (bicyclic) bond motifs is 1. The number of ether oxygens (including phenoxy) is 1. The van der Waals surface area contributed by atoms with Crippen LogP contribution in [0.2, 0.25) is 0 Å². The van der Waals surface area contributed by atoms with E-state index in [9.17, 15) is 4.79 Å². The first-order valence-corrected chi connectivity index (χ1v) is 10.9. The first-order chi connectivity index (χ1) is 13.7. The van der Waals surface area contributed by atoms with Gasteiger partial charge in [0.05, 0.1) is 18.6 Å². The standard InChI is InChI=1S/C23H31N3O2/c27-22(12-19-14-24-21-7-2-1-6-20(19)21)26-11-5-8-23(17-26)13-18(16-28-23)15-25-9-3-4-10-25/h1-2,6-7,14,18,24H,3-5,8-13,15-17H2/t18-,23+/m0/s1. The number of rotatable bonds is 4. The number of nitrogens with one attached hydrogen (secondary N) is 1. The third-order valence-corrected chi connectivity index (χ3v) is 6.91. The molecule has 2 aromatic rings. The summed E-state index contributed by atoms with van der Waals surface area (Å²) in [6.07, 6.45) is 8.40. The Kier molecular flexibility index (Phi) is 4.89. The van der Waals surface area contributed by atoms with Crippen molar-refractivity contribution in [1.29, 1.82) is 0 Å². The lowest BCUT2D eigenvalue weighted by Crippen LogP contribution is -2.50. The summed E-state index contributed by atoms with van der Waals surface area (Å²) < 4.78 is 6.36. The average molecular weight is 382 g/mol. The summed E-state index contributed by atoms with van der Waals surface area (Å²) in [4.78, 5) is 21.0. The Labute approximate surface area is 167 Å². The highest BCUT2D eigenvalue weighted by molar-refractivity contribution is 5.88. The van der Waals surface area contributed by atoms with Gasteiger partial charge in [-0.25, -0.2) is 0 Å². The Bertz CT molecular complexity index is 841. The highest BCUT2D eigenvalue weighted by Crippen LogP contribution is 2.38. The van der Waals surface area contributed by atoms with Crippen LogP contribution in [0.3, 0.4) is 0 Å². The average Bonchev–Trinajstić information content (AvgIpc) is 3.44. The van der Waals surface area contributed by atoms with E-state index in [-0.39, 0.29) is 11.5 Å². The zero-order chi connectivity index (χ0) is 19.0. The van der Waals surface area contributed by atoms with Crippen molar-refractivity contribution >= 4 is 16.8 Å². The van der Waals surface area contributed by atoms with Gasteiger partial charge < -0.3 is 19.5 Å². The van der Waals surface area contributed by atoms with Crippen LogP contribution in [0.4, 0.5) is 0 Å². The van der Waals surface area contributed by atoms with Gasteiger partial charge in [-0.15, -0.1) is 0 Å². The SMILES string of the molecule is O=C(Cc1c[nH]c2ccccc12)N1CCC[C@@]2(C[C@@H](CN3CCCC3)CO2)C1.